The van der Waals surface area contributed by atoms with Gasteiger partial charge in [0.05, 0.1) is 25.9 Å². The molecule has 24 heavy (non-hydrogen) atoms. The lowest BCUT2D eigenvalue weighted by Gasteiger charge is -2.34. The molecule has 1 aliphatic heterocycles. The number of methoxy groups -OCH3 is 1. The lowest BCUT2D eigenvalue weighted by molar-refractivity contribution is -0.125. The van der Waals surface area contributed by atoms with E-state index >= 15 is 0 Å². The van der Waals surface area contributed by atoms with Crippen molar-refractivity contribution >= 4 is 11.6 Å². The number of aliphatic hydroxyl groups excluding tert-OH is 1. The van der Waals surface area contributed by atoms with E-state index in [1.807, 2.05) is 31.2 Å². The molecule has 0 radical (unpaired) electrons. The highest BCUT2D eigenvalue weighted by atomic mass is 16.5. The Morgan fingerprint density at radius 1 is 1.21 bits per heavy atom. The van der Waals surface area contributed by atoms with Crippen molar-refractivity contribution in [2.24, 2.45) is 0 Å². The molecule has 5 heteroatoms. The second-order valence-electron chi connectivity index (χ2n) is 5.97. The Balaban J connectivity index is 2.05. The summed E-state index contributed by atoms with van der Waals surface area (Å²) in [5, 5.41) is 9.48. The molecule has 126 valence electrons. The number of anilines is 1. The molecule has 2 aromatic carbocycles. The molecule has 3 rings (SSSR count). The van der Waals surface area contributed by atoms with Gasteiger partial charge in [0.2, 0.25) is 0 Å². The van der Waals surface area contributed by atoms with E-state index in [2.05, 4.69) is 0 Å². The Morgan fingerprint density at radius 2 is 1.92 bits per heavy atom. The third-order valence-corrected chi connectivity index (χ3v) is 4.16. The first-order chi connectivity index (χ1) is 11.5. The van der Waals surface area contributed by atoms with Gasteiger partial charge in [0.15, 0.2) is 17.6 Å². The summed E-state index contributed by atoms with van der Waals surface area (Å²) in [6, 6.07) is 11.6. The molecule has 0 saturated heterocycles. The first kappa shape index (κ1) is 16.3. The number of ether oxygens (including phenoxy) is 2. The third-order valence-electron chi connectivity index (χ3n) is 4.16. The Labute approximate surface area is 141 Å². The number of amides is 1. The van der Waals surface area contributed by atoms with Crippen LogP contribution in [0.5, 0.6) is 11.5 Å². The number of hydrogen-bond donors (Lipinski definition) is 1. The summed E-state index contributed by atoms with van der Waals surface area (Å²) < 4.78 is 11.1. The highest BCUT2D eigenvalue weighted by Gasteiger charge is 2.34. The van der Waals surface area contributed by atoms with E-state index in [0.717, 1.165) is 5.56 Å². The molecule has 0 aromatic heterocycles. The van der Waals surface area contributed by atoms with Crippen LogP contribution in [0.15, 0.2) is 36.4 Å². The molecule has 0 aliphatic carbocycles. The van der Waals surface area contributed by atoms with Crippen molar-refractivity contribution in [3.05, 3.63) is 53.1 Å². The van der Waals surface area contributed by atoms with Gasteiger partial charge in [-0.15, -0.1) is 0 Å². The van der Waals surface area contributed by atoms with E-state index in [9.17, 15) is 9.90 Å². The minimum absolute atomic E-state index is 0.111. The van der Waals surface area contributed by atoms with Crippen LogP contribution in [0.3, 0.4) is 0 Å². The summed E-state index contributed by atoms with van der Waals surface area (Å²) in [5.41, 5.74) is 3.50. The second-order valence-corrected chi connectivity index (χ2v) is 5.97. The van der Waals surface area contributed by atoms with Gasteiger partial charge in [0.1, 0.15) is 0 Å². The van der Waals surface area contributed by atoms with Crippen molar-refractivity contribution in [2.45, 2.75) is 33.1 Å². The quantitative estimate of drug-likeness (QED) is 0.938. The van der Waals surface area contributed by atoms with Gasteiger partial charge in [0.25, 0.3) is 5.91 Å². The molecule has 1 N–H and O–H groups in total. The summed E-state index contributed by atoms with van der Waals surface area (Å²) in [7, 11) is 1.55. The molecule has 5 nitrogen and oxygen atoms in total. The van der Waals surface area contributed by atoms with Crippen molar-refractivity contribution in [2.75, 3.05) is 12.0 Å². The molecular weight excluding hydrogens is 306 g/mol. The fourth-order valence-corrected chi connectivity index (χ4v) is 2.81. The van der Waals surface area contributed by atoms with E-state index in [-0.39, 0.29) is 12.5 Å². The minimum atomic E-state index is -0.586. The Kier molecular flexibility index (Phi) is 4.44. The minimum Gasteiger partial charge on any atom is -0.493 e. The first-order valence-electron chi connectivity index (χ1n) is 7.89. The van der Waals surface area contributed by atoms with E-state index in [0.29, 0.717) is 29.3 Å². The molecule has 0 fully saturated rings. The molecule has 0 saturated carbocycles. The van der Waals surface area contributed by atoms with Gasteiger partial charge < -0.3 is 19.5 Å². The maximum Gasteiger partial charge on any atom is 0.268 e. The summed E-state index contributed by atoms with van der Waals surface area (Å²) in [4.78, 5) is 14.3. The standard InChI is InChI=1S/C19H21NO4/c1-12-4-6-14(7-5-12)10-20-16-8-15(11-21)9-17(23-3)18(16)24-13(2)19(20)22/h4-9,13,21H,10-11H2,1-3H3. The van der Waals surface area contributed by atoms with Crippen molar-refractivity contribution in [1.29, 1.82) is 0 Å². The molecule has 1 amide bonds. The van der Waals surface area contributed by atoms with Crippen molar-refractivity contribution < 1.29 is 19.4 Å². The maximum absolute atomic E-state index is 12.7. The normalized spacial score (nSPS) is 16.6. The molecule has 0 bridgehead atoms. The number of nitrogens with zero attached hydrogens (tertiary/aromatic N) is 1. The number of carbonyl (C=O) groups excluding carboxylic acids is 1. The Bertz CT molecular complexity index is 755. The number of benzene rings is 2. The molecule has 0 spiro atoms. The molecule has 1 atom stereocenters. The van der Waals surface area contributed by atoms with Gasteiger partial charge >= 0.3 is 0 Å². The van der Waals surface area contributed by atoms with Crippen LogP contribution < -0.4 is 14.4 Å². The van der Waals surface area contributed by atoms with Crippen LogP contribution in [0.1, 0.15) is 23.6 Å². The van der Waals surface area contributed by atoms with Crippen LogP contribution in [0.4, 0.5) is 5.69 Å². The fourth-order valence-electron chi connectivity index (χ4n) is 2.81. The lowest BCUT2D eigenvalue weighted by Crippen LogP contribution is -2.44. The number of carbonyl (C=O) groups is 1. The zero-order chi connectivity index (χ0) is 17.3. The average Bonchev–Trinajstić information content (AvgIpc) is 2.60. The van der Waals surface area contributed by atoms with Crippen molar-refractivity contribution in [1.82, 2.24) is 0 Å². The Morgan fingerprint density at radius 3 is 2.54 bits per heavy atom. The van der Waals surface area contributed by atoms with Crippen LogP contribution in [0.25, 0.3) is 0 Å². The van der Waals surface area contributed by atoms with Crippen LogP contribution in [-0.4, -0.2) is 24.2 Å². The number of aryl methyl sites for hydroxylation is 1. The molecule has 1 unspecified atom stereocenters. The third kappa shape index (κ3) is 2.95. The average molecular weight is 327 g/mol. The van der Waals surface area contributed by atoms with Gasteiger partial charge in [-0.05, 0) is 37.1 Å². The summed E-state index contributed by atoms with van der Waals surface area (Å²) in [6.45, 7) is 4.07. The molecule has 2 aromatic rings. The largest absolute Gasteiger partial charge is 0.493 e. The topological polar surface area (TPSA) is 59.0 Å². The number of aliphatic hydroxyl groups is 1. The predicted octanol–water partition coefficient (Wildman–Crippen LogP) is 2.81. The van der Waals surface area contributed by atoms with Crippen LogP contribution in [-0.2, 0) is 17.9 Å². The van der Waals surface area contributed by atoms with Crippen LogP contribution in [0.2, 0.25) is 0 Å². The van der Waals surface area contributed by atoms with Gasteiger partial charge in [-0.25, -0.2) is 0 Å². The zero-order valence-electron chi connectivity index (χ0n) is 14.1. The predicted molar refractivity (Wildman–Crippen MR) is 91.4 cm³/mol. The van der Waals surface area contributed by atoms with Gasteiger partial charge in [-0.3, -0.25) is 4.79 Å². The Hall–Kier alpha value is -2.53. The first-order valence-corrected chi connectivity index (χ1v) is 7.89. The van der Waals surface area contributed by atoms with Crippen molar-refractivity contribution in [3.8, 4) is 11.5 Å². The SMILES string of the molecule is COc1cc(CO)cc2c1OC(C)C(=O)N2Cc1ccc(C)cc1. The number of fused-ring (bicyclic) bond motifs is 1. The van der Waals surface area contributed by atoms with Gasteiger partial charge in [-0.1, -0.05) is 29.8 Å². The van der Waals surface area contributed by atoms with Crippen LogP contribution in [0, 0.1) is 6.92 Å². The monoisotopic (exact) mass is 327 g/mol. The lowest BCUT2D eigenvalue weighted by atomic mass is 10.1. The molecule has 1 aliphatic rings. The fraction of sp³-hybridized carbons (Fsp3) is 0.316. The summed E-state index contributed by atoms with van der Waals surface area (Å²) >= 11 is 0. The van der Waals surface area contributed by atoms with Crippen LogP contribution >= 0.6 is 0 Å². The van der Waals surface area contributed by atoms with E-state index in [4.69, 9.17) is 9.47 Å². The summed E-state index contributed by atoms with van der Waals surface area (Å²) in [6.07, 6.45) is -0.586. The van der Waals surface area contributed by atoms with Gasteiger partial charge in [0, 0.05) is 0 Å². The number of hydrogen-bond acceptors (Lipinski definition) is 4. The maximum atomic E-state index is 12.7. The van der Waals surface area contributed by atoms with Crippen molar-refractivity contribution in [3.63, 3.8) is 0 Å². The second kappa shape index (κ2) is 6.53. The van der Waals surface area contributed by atoms with Gasteiger partial charge in [-0.2, -0.15) is 0 Å². The smallest absolute Gasteiger partial charge is 0.268 e. The highest BCUT2D eigenvalue weighted by Crippen LogP contribution is 2.43. The molecular formula is C19H21NO4. The zero-order valence-corrected chi connectivity index (χ0v) is 14.1. The highest BCUT2D eigenvalue weighted by molar-refractivity contribution is 6.00. The van der Waals surface area contributed by atoms with E-state index < -0.39 is 6.10 Å². The van der Waals surface area contributed by atoms with E-state index in [1.165, 1.54) is 5.56 Å². The number of rotatable bonds is 4. The molecule has 1 heterocycles. The summed E-state index contributed by atoms with van der Waals surface area (Å²) in [5.74, 6) is 0.943. The van der Waals surface area contributed by atoms with E-state index in [1.54, 1.807) is 31.1 Å².